The highest BCUT2D eigenvalue weighted by Gasteiger charge is 2.33. The normalized spacial score (nSPS) is 12.7. The number of aromatic nitrogens is 4. The summed E-state index contributed by atoms with van der Waals surface area (Å²) in [6.45, 7) is 3.13. The van der Waals surface area contributed by atoms with Gasteiger partial charge in [0.25, 0.3) is 0 Å². The van der Waals surface area contributed by atoms with Gasteiger partial charge in [0.05, 0.1) is 23.9 Å². The first-order chi connectivity index (χ1) is 18.0. The number of hydrogen-bond acceptors (Lipinski definition) is 7. The molecule has 0 radical (unpaired) electrons. The third-order valence-corrected chi connectivity index (χ3v) is 6.67. The van der Waals surface area contributed by atoms with Gasteiger partial charge in [0.15, 0.2) is 17.3 Å². The van der Waals surface area contributed by atoms with E-state index in [1.807, 2.05) is 31.2 Å². The molecular weight excluding hydrogens is 495 g/mol. The summed E-state index contributed by atoms with van der Waals surface area (Å²) >= 11 is 6.59. The van der Waals surface area contributed by atoms with Crippen LogP contribution in [0.1, 0.15) is 5.69 Å². The van der Waals surface area contributed by atoms with Gasteiger partial charge < -0.3 is 24.7 Å². The largest absolute Gasteiger partial charge is 0.492 e. The van der Waals surface area contributed by atoms with Gasteiger partial charge in [0, 0.05) is 30.4 Å². The molecule has 2 aromatic carbocycles. The number of para-hydroxylation sites is 1. The van der Waals surface area contributed by atoms with Crippen molar-refractivity contribution in [1.29, 1.82) is 0 Å². The predicted octanol–water partition coefficient (Wildman–Crippen LogP) is 6.13. The Balaban J connectivity index is 1.52. The van der Waals surface area contributed by atoms with E-state index in [2.05, 4.69) is 24.4 Å². The molecule has 37 heavy (non-hydrogen) atoms. The lowest BCUT2D eigenvalue weighted by Crippen LogP contribution is -2.15. The summed E-state index contributed by atoms with van der Waals surface area (Å²) in [7, 11) is 1.58. The van der Waals surface area contributed by atoms with Crippen LogP contribution in [0.2, 0.25) is 5.15 Å². The number of nitrogens with zero attached hydrogens (tertiary/aromatic N) is 5. The van der Waals surface area contributed by atoms with Gasteiger partial charge in [-0.2, -0.15) is 0 Å². The average molecular weight is 517 g/mol. The van der Waals surface area contributed by atoms with E-state index in [9.17, 15) is 0 Å². The average Bonchev–Trinajstić information content (AvgIpc) is 3.44. The number of anilines is 3. The number of methoxy groups -OCH3 is 1. The summed E-state index contributed by atoms with van der Waals surface area (Å²) in [5.74, 6) is 1.21. The summed E-state index contributed by atoms with van der Waals surface area (Å²) < 4.78 is 28.8. The molecule has 0 fully saturated rings. The number of halogens is 2. The van der Waals surface area contributed by atoms with Gasteiger partial charge in [0.2, 0.25) is 5.88 Å². The fourth-order valence-electron chi connectivity index (χ4n) is 4.83. The molecule has 5 aromatic rings. The fraction of sp³-hybridized carbons (Fsp3) is 0.148. The zero-order chi connectivity index (χ0) is 25.7. The molecule has 1 aliphatic rings. The second-order valence-electron chi connectivity index (χ2n) is 8.63. The van der Waals surface area contributed by atoms with Crippen molar-refractivity contribution >= 4 is 39.8 Å². The van der Waals surface area contributed by atoms with Crippen LogP contribution in [0.3, 0.4) is 0 Å². The fourth-order valence-corrected chi connectivity index (χ4v) is 5.06. The topological polar surface area (TPSA) is 91.3 Å². The molecule has 3 aromatic heterocycles. The molecular formula is C27H22ClFN6O2. The number of hydrogen-bond donors (Lipinski definition) is 1. The highest BCUT2D eigenvalue weighted by atomic mass is 35.5. The van der Waals surface area contributed by atoms with E-state index in [1.54, 1.807) is 31.4 Å². The van der Waals surface area contributed by atoms with E-state index in [0.29, 0.717) is 52.6 Å². The molecule has 0 unspecified atom stereocenters. The lowest BCUT2D eigenvalue weighted by Gasteiger charge is -2.23. The molecule has 0 amide bonds. The quantitative estimate of drug-likeness (QED) is 0.222. The molecule has 10 heteroatoms. The molecule has 2 N–H and O–H groups in total. The van der Waals surface area contributed by atoms with Crippen molar-refractivity contribution in [2.24, 2.45) is 0 Å². The Morgan fingerprint density at radius 1 is 1.05 bits per heavy atom. The van der Waals surface area contributed by atoms with E-state index in [0.717, 1.165) is 17.2 Å². The summed E-state index contributed by atoms with van der Waals surface area (Å²) in [6, 6.07) is 15.7. The van der Waals surface area contributed by atoms with Gasteiger partial charge in [0.1, 0.15) is 22.9 Å². The van der Waals surface area contributed by atoms with Gasteiger partial charge in [-0.3, -0.25) is 0 Å². The minimum atomic E-state index is -0.534. The van der Waals surface area contributed by atoms with E-state index in [1.165, 1.54) is 12.4 Å². The van der Waals surface area contributed by atoms with Crippen molar-refractivity contribution < 1.29 is 13.9 Å². The number of nitrogens with two attached hydrogens (primary N) is 1. The van der Waals surface area contributed by atoms with Crippen molar-refractivity contribution in [2.45, 2.75) is 13.5 Å². The molecule has 6 rings (SSSR count). The molecule has 0 spiro atoms. The Bertz CT molecular complexity index is 1670. The van der Waals surface area contributed by atoms with Crippen LogP contribution in [-0.4, -0.2) is 33.2 Å². The second-order valence-corrected chi connectivity index (χ2v) is 8.99. The molecule has 0 saturated carbocycles. The first-order valence-corrected chi connectivity index (χ1v) is 12.0. The van der Waals surface area contributed by atoms with Crippen molar-refractivity contribution in [2.75, 3.05) is 24.3 Å². The molecule has 8 nitrogen and oxygen atoms in total. The van der Waals surface area contributed by atoms with Gasteiger partial charge >= 0.3 is 0 Å². The first kappa shape index (κ1) is 23.1. The second kappa shape index (κ2) is 8.94. The zero-order valence-electron chi connectivity index (χ0n) is 20.1. The zero-order valence-corrected chi connectivity index (χ0v) is 20.8. The monoisotopic (exact) mass is 516 g/mol. The number of nitrogen functional groups attached to an aromatic ring is 1. The Labute approximate surface area is 217 Å². The Kier molecular flexibility index (Phi) is 5.57. The highest BCUT2D eigenvalue weighted by molar-refractivity contribution is 6.35. The molecule has 0 atom stereocenters. The molecule has 0 saturated heterocycles. The summed E-state index contributed by atoms with van der Waals surface area (Å²) in [4.78, 5) is 15.1. The van der Waals surface area contributed by atoms with Crippen molar-refractivity contribution in [3.05, 3.63) is 77.6 Å². The number of aryl methyl sites for hydroxylation is 1. The van der Waals surface area contributed by atoms with Crippen LogP contribution in [0.4, 0.5) is 21.6 Å². The molecule has 4 heterocycles. The molecule has 186 valence electrons. The lowest BCUT2D eigenvalue weighted by atomic mass is 10.0. The number of pyridine rings is 1. The van der Waals surface area contributed by atoms with Crippen LogP contribution in [0.15, 0.2) is 60.9 Å². The minimum absolute atomic E-state index is 0.0683. The van der Waals surface area contributed by atoms with Gasteiger partial charge in [-0.1, -0.05) is 29.8 Å². The molecule has 0 bridgehead atoms. The van der Waals surface area contributed by atoms with Crippen molar-refractivity contribution in [3.63, 3.8) is 0 Å². The van der Waals surface area contributed by atoms with E-state index in [-0.39, 0.29) is 10.9 Å². The van der Waals surface area contributed by atoms with Crippen LogP contribution >= 0.6 is 11.6 Å². The van der Waals surface area contributed by atoms with E-state index < -0.39 is 5.82 Å². The third kappa shape index (κ3) is 3.79. The van der Waals surface area contributed by atoms with Crippen LogP contribution in [-0.2, 0) is 6.54 Å². The molecule has 0 aliphatic carbocycles. The Hall–Kier alpha value is -4.37. The summed E-state index contributed by atoms with van der Waals surface area (Å²) in [5, 5.41) is 0.922. The van der Waals surface area contributed by atoms with Crippen LogP contribution < -0.4 is 20.1 Å². The number of benzene rings is 2. The van der Waals surface area contributed by atoms with Crippen LogP contribution in [0, 0.1) is 12.7 Å². The summed E-state index contributed by atoms with van der Waals surface area (Å²) in [6.07, 6.45) is 1.43. The maximum atomic E-state index is 15.4. The standard InChI is InChI=1S/C27H22ClFN6O2/c1-15-5-3-8-21(33-15)37-20-10-9-16(13-17(20)29)22-23-25(28)31-14-32-26(23)35-12-11-34(27(22)35)19-7-4-6-18(30)24(19)36-2/h3-10,13-14H,11-12,30H2,1-2H3. The minimum Gasteiger partial charge on any atom is -0.492 e. The van der Waals surface area contributed by atoms with Crippen LogP contribution in [0.25, 0.3) is 22.2 Å². The lowest BCUT2D eigenvalue weighted by molar-refractivity contribution is 0.417. The predicted molar refractivity (Wildman–Crippen MR) is 141 cm³/mol. The maximum absolute atomic E-state index is 15.4. The SMILES string of the molecule is COc1c(N)cccc1N1CCn2c1c(-c1ccc(Oc3cccc(C)n3)c(F)c1)c1c(Cl)ncnc12. The van der Waals surface area contributed by atoms with E-state index >= 15 is 4.39 Å². The third-order valence-electron chi connectivity index (χ3n) is 6.39. The molecule has 1 aliphatic heterocycles. The van der Waals surface area contributed by atoms with Gasteiger partial charge in [-0.15, -0.1) is 0 Å². The first-order valence-electron chi connectivity index (χ1n) is 11.6. The number of ether oxygens (including phenoxy) is 2. The number of fused-ring (bicyclic) bond motifs is 3. The summed E-state index contributed by atoms with van der Waals surface area (Å²) in [5.41, 5.74) is 10.3. The maximum Gasteiger partial charge on any atom is 0.219 e. The Morgan fingerprint density at radius 3 is 2.68 bits per heavy atom. The van der Waals surface area contributed by atoms with Crippen molar-refractivity contribution in [3.8, 4) is 28.5 Å². The van der Waals surface area contributed by atoms with Gasteiger partial charge in [-0.05, 0) is 42.8 Å². The van der Waals surface area contributed by atoms with Crippen LogP contribution in [0.5, 0.6) is 17.4 Å². The van der Waals surface area contributed by atoms with E-state index in [4.69, 9.17) is 26.8 Å². The van der Waals surface area contributed by atoms with Gasteiger partial charge in [-0.25, -0.2) is 19.3 Å². The number of rotatable bonds is 5. The smallest absolute Gasteiger partial charge is 0.219 e. The van der Waals surface area contributed by atoms with Crippen molar-refractivity contribution in [1.82, 2.24) is 19.5 Å². The highest BCUT2D eigenvalue weighted by Crippen LogP contribution is 2.49. The Morgan fingerprint density at radius 2 is 1.89 bits per heavy atom.